The van der Waals surface area contributed by atoms with Gasteiger partial charge in [0.15, 0.2) is 11.5 Å². The molecule has 3 atom stereocenters. The van der Waals surface area contributed by atoms with E-state index in [1.807, 2.05) is 0 Å². The maximum Gasteiger partial charge on any atom is 0.435 e. The number of aromatic nitrogens is 2. The number of hydrogen-bond donors (Lipinski definition) is 0. The molecule has 172 valence electrons. The number of likely N-dealkylation sites (tertiary alicyclic amines) is 1. The third-order valence-corrected chi connectivity index (χ3v) is 6.64. The zero-order valence-corrected chi connectivity index (χ0v) is 18.9. The molecule has 0 spiro atoms. The van der Waals surface area contributed by atoms with Gasteiger partial charge in [-0.1, -0.05) is 29.3 Å². The van der Waals surface area contributed by atoms with Crippen molar-refractivity contribution >= 4 is 40.6 Å². The van der Waals surface area contributed by atoms with Crippen LogP contribution in [0.15, 0.2) is 29.3 Å². The molecule has 2 unspecified atom stereocenters. The van der Waals surface area contributed by atoms with Gasteiger partial charge in [-0.05, 0) is 37.5 Å². The van der Waals surface area contributed by atoms with E-state index in [4.69, 9.17) is 27.9 Å². The molecule has 4 rings (SSSR count). The van der Waals surface area contributed by atoms with Crippen LogP contribution >= 0.6 is 23.2 Å². The number of carbonyl (C=O) groups excluding carboxylic acids is 1. The van der Waals surface area contributed by atoms with E-state index in [1.54, 1.807) is 37.1 Å². The summed E-state index contributed by atoms with van der Waals surface area (Å²) in [6, 6.07) is 4.69. The Kier molecular flexibility index (Phi) is 6.26. The summed E-state index contributed by atoms with van der Waals surface area (Å²) in [5, 5.41) is 4.33. The van der Waals surface area contributed by atoms with Crippen molar-refractivity contribution in [3.63, 3.8) is 0 Å². The van der Waals surface area contributed by atoms with Crippen molar-refractivity contribution in [2.24, 2.45) is 10.9 Å². The van der Waals surface area contributed by atoms with Crippen LogP contribution < -0.4 is 0 Å². The predicted octanol–water partition coefficient (Wildman–Crippen LogP) is 5.16. The predicted molar refractivity (Wildman–Crippen MR) is 115 cm³/mol. The SMILES string of the molecule is COC[C@@H]1CCCN1C(=O)C1C(C)=Nc2cc(C(F)(F)F)nn2C1c1ccc(Cl)c(Cl)c1. The molecule has 1 aromatic carbocycles. The average Bonchev–Trinajstić information content (AvgIpc) is 3.35. The maximum absolute atomic E-state index is 13.7. The molecule has 0 bridgehead atoms. The standard InChI is InChI=1S/C21H21Cl2F3N4O2/c1-11-18(20(31)29-7-3-4-13(29)10-32-2)19(12-5-6-14(22)15(23)8-12)30-17(27-11)9-16(28-30)21(24,25)26/h5-6,8-9,13,18-19H,3-4,7,10H2,1-2H3/t13-,18?,19?/m0/s1. The normalized spacial score (nSPS) is 23.3. The average molecular weight is 489 g/mol. The van der Waals surface area contributed by atoms with Gasteiger partial charge >= 0.3 is 6.18 Å². The van der Waals surface area contributed by atoms with Crippen LogP contribution in [0.25, 0.3) is 0 Å². The van der Waals surface area contributed by atoms with E-state index in [-0.39, 0.29) is 22.8 Å². The highest BCUT2D eigenvalue weighted by Crippen LogP contribution is 2.42. The molecule has 0 saturated carbocycles. The number of amides is 1. The first-order chi connectivity index (χ1) is 15.1. The first kappa shape index (κ1) is 23.1. The zero-order valence-electron chi connectivity index (χ0n) is 17.4. The molecule has 0 N–H and O–H groups in total. The van der Waals surface area contributed by atoms with Crippen LogP contribution in [0, 0.1) is 5.92 Å². The lowest BCUT2D eigenvalue weighted by molar-refractivity contribution is -0.141. The lowest BCUT2D eigenvalue weighted by atomic mass is 9.87. The Hall–Kier alpha value is -2.10. The van der Waals surface area contributed by atoms with Gasteiger partial charge in [-0.2, -0.15) is 18.3 Å². The van der Waals surface area contributed by atoms with E-state index < -0.39 is 23.8 Å². The van der Waals surface area contributed by atoms with Gasteiger partial charge in [0.05, 0.1) is 28.7 Å². The van der Waals surface area contributed by atoms with Gasteiger partial charge in [0.1, 0.15) is 5.92 Å². The van der Waals surface area contributed by atoms with Gasteiger partial charge in [-0.15, -0.1) is 0 Å². The Balaban J connectivity index is 1.83. The largest absolute Gasteiger partial charge is 0.435 e. The number of rotatable bonds is 4. The Bertz CT molecular complexity index is 1070. The molecular weight excluding hydrogens is 468 g/mol. The molecule has 0 radical (unpaired) electrons. The maximum atomic E-state index is 13.7. The number of aliphatic imine (C=N–C) groups is 1. The van der Waals surface area contributed by atoms with Crippen LogP contribution in [0.2, 0.25) is 10.0 Å². The molecular formula is C21H21Cl2F3N4O2. The first-order valence-electron chi connectivity index (χ1n) is 10.1. The molecule has 32 heavy (non-hydrogen) atoms. The van der Waals surface area contributed by atoms with Gasteiger partial charge in [-0.25, -0.2) is 9.67 Å². The number of nitrogens with zero attached hydrogens (tertiary/aromatic N) is 4. The second-order valence-electron chi connectivity index (χ2n) is 7.96. The number of methoxy groups -OCH3 is 1. The fourth-order valence-corrected chi connectivity index (χ4v) is 4.75. The molecule has 1 aromatic heterocycles. The van der Waals surface area contributed by atoms with Gasteiger partial charge < -0.3 is 9.64 Å². The Labute approximate surface area is 192 Å². The molecule has 1 fully saturated rings. The molecule has 3 heterocycles. The van der Waals surface area contributed by atoms with Crippen LogP contribution in [0.3, 0.4) is 0 Å². The highest BCUT2D eigenvalue weighted by molar-refractivity contribution is 6.42. The highest BCUT2D eigenvalue weighted by Gasteiger charge is 2.45. The van der Waals surface area contributed by atoms with Gasteiger partial charge in [-0.3, -0.25) is 4.79 Å². The Morgan fingerprint density at radius 2 is 2.00 bits per heavy atom. The summed E-state index contributed by atoms with van der Waals surface area (Å²) in [4.78, 5) is 19.8. The minimum Gasteiger partial charge on any atom is -0.383 e. The number of carbonyl (C=O) groups is 1. The Morgan fingerprint density at radius 3 is 2.66 bits per heavy atom. The minimum absolute atomic E-state index is 0.0322. The van der Waals surface area contributed by atoms with Crippen molar-refractivity contribution in [1.82, 2.24) is 14.7 Å². The van der Waals surface area contributed by atoms with Gasteiger partial charge in [0, 0.05) is 25.4 Å². The van der Waals surface area contributed by atoms with E-state index in [9.17, 15) is 18.0 Å². The summed E-state index contributed by atoms with van der Waals surface area (Å²) in [5.41, 5.74) is -0.136. The second kappa shape index (κ2) is 8.68. The van der Waals surface area contributed by atoms with E-state index >= 15 is 0 Å². The van der Waals surface area contributed by atoms with E-state index in [2.05, 4.69) is 10.1 Å². The molecule has 0 aliphatic carbocycles. The quantitative estimate of drug-likeness (QED) is 0.597. The van der Waals surface area contributed by atoms with Crippen molar-refractivity contribution < 1.29 is 22.7 Å². The van der Waals surface area contributed by atoms with E-state index in [0.29, 0.717) is 29.4 Å². The van der Waals surface area contributed by atoms with Crippen molar-refractivity contribution in [2.45, 2.75) is 38.0 Å². The lowest BCUT2D eigenvalue weighted by Gasteiger charge is -2.35. The number of benzene rings is 1. The molecule has 2 aliphatic rings. The van der Waals surface area contributed by atoms with Crippen LogP contribution in [-0.4, -0.2) is 52.6 Å². The number of alkyl halides is 3. The Morgan fingerprint density at radius 1 is 1.25 bits per heavy atom. The van der Waals surface area contributed by atoms with Crippen molar-refractivity contribution in [3.05, 3.63) is 45.6 Å². The monoisotopic (exact) mass is 488 g/mol. The smallest absolute Gasteiger partial charge is 0.383 e. The van der Waals surface area contributed by atoms with Crippen molar-refractivity contribution in [1.29, 1.82) is 0 Å². The number of halogens is 5. The third kappa shape index (κ3) is 4.13. The van der Waals surface area contributed by atoms with Crippen molar-refractivity contribution in [3.8, 4) is 0 Å². The molecule has 1 saturated heterocycles. The van der Waals surface area contributed by atoms with Crippen LogP contribution in [0.1, 0.15) is 37.1 Å². The third-order valence-electron chi connectivity index (χ3n) is 5.90. The second-order valence-corrected chi connectivity index (χ2v) is 8.78. The molecule has 1 amide bonds. The van der Waals surface area contributed by atoms with Gasteiger partial charge in [0.2, 0.25) is 5.91 Å². The summed E-state index contributed by atoms with van der Waals surface area (Å²) in [6.07, 6.45) is -3.02. The summed E-state index contributed by atoms with van der Waals surface area (Å²) >= 11 is 12.3. The summed E-state index contributed by atoms with van der Waals surface area (Å²) in [5.74, 6) is -1.04. The summed E-state index contributed by atoms with van der Waals surface area (Å²) < 4.78 is 46.6. The number of ether oxygens (including phenoxy) is 1. The summed E-state index contributed by atoms with van der Waals surface area (Å²) in [7, 11) is 1.57. The van der Waals surface area contributed by atoms with Crippen LogP contribution in [-0.2, 0) is 15.7 Å². The van der Waals surface area contributed by atoms with E-state index in [0.717, 1.165) is 18.9 Å². The zero-order chi connectivity index (χ0) is 23.2. The number of fused-ring (bicyclic) bond motifs is 1. The van der Waals surface area contributed by atoms with Gasteiger partial charge in [0.25, 0.3) is 0 Å². The molecule has 6 nitrogen and oxygen atoms in total. The van der Waals surface area contributed by atoms with Crippen molar-refractivity contribution in [2.75, 3.05) is 20.3 Å². The van der Waals surface area contributed by atoms with E-state index in [1.165, 1.54) is 4.68 Å². The number of hydrogen-bond acceptors (Lipinski definition) is 4. The molecule has 2 aromatic rings. The van der Waals surface area contributed by atoms with Crippen LogP contribution in [0.4, 0.5) is 19.0 Å². The molecule has 2 aliphatic heterocycles. The summed E-state index contributed by atoms with van der Waals surface area (Å²) in [6.45, 7) is 2.58. The topological polar surface area (TPSA) is 59.7 Å². The highest BCUT2D eigenvalue weighted by atomic mass is 35.5. The molecule has 11 heteroatoms. The van der Waals surface area contributed by atoms with Crippen LogP contribution in [0.5, 0.6) is 0 Å². The lowest BCUT2D eigenvalue weighted by Crippen LogP contribution is -2.47. The fourth-order valence-electron chi connectivity index (χ4n) is 4.45. The fraction of sp³-hybridized carbons (Fsp3) is 0.476. The first-order valence-corrected chi connectivity index (χ1v) is 10.8. The minimum atomic E-state index is -4.64.